The monoisotopic (exact) mass is 290 g/mol. The van der Waals surface area contributed by atoms with E-state index in [2.05, 4.69) is 4.98 Å². The van der Waals surface area contributed by atoms with Crippen molar-refractivity contribution in [2.75, 3.05) is 13.1 Å². The van der Waals surface area contributed by atoms with Crippen LogP contribution in [-0.4, -0.2) is 40.5 Å². The van der Waals surface area contributed by atoms with Crippen LogP contribution in [0.25, 0.3) is 0 Å². The number of rotatable bonds is 2. The number of hydrogen-bond donors (Lipinski definition) is 0. The molecule has 0 radical (unpaired) electrons. The molecule has 0 bridgehead atoms. The number of Topliss-reactive ketones (excluding diaryl/α,β-unsaturated/α-hetero) is 1. The van der Waals surface area contributed by atoms with E-state index in [1.165, 1.54) is 0 Å². The lowest BCUT2D eigenvalue weighted by Gasteiger charge is -2.24. The largest absolute Gasteiger partial charge is 0.444 e. The van der Waals surface area contributed by atoms with Gasteiger partial charge in [0.05, 0.1) is 0 Å². The van der Waals surface area contributed by atoms with E-state index in [0.29, 0.717) is 25.2 Å². The van der Waals surface area contributed by atoms with Crippen molar-refractivity contribution < 1.29 is 14.3 Å². The van der Waals surface area contributed by atoms with Crippen LogP contribution in [0.3, 0.4) is 0 Å². The molecule has 1 aromatic rings. The van der Waals surface area contributed by atoms with Gasteiger partial charge in [-0.3, -0.25) is 9.78 Å². The van der Waals surface area contributed by atoms with E-state index >= 15 is 0 Å². The van der Waals surface area contributed by atoms with E-state index in [9.17, 15) is 9.59 Å². The molecule has 0 N–H and O–H groups in total. The summed E-state index contributed by atoms with van der Waals surface area (Å²) in [7, 11) is 0. The van der Waals surface area contributed by atoms with Gasteiger partial charge >= 0.3 is 6.09 Å². The number of carbonyl (C=O) groups excluding carboxylic acids is 2. The van der Waals surface area contributed by atoms with E-state index < -0.39 is 5.60 Å². The van der Waals surface area contributed by atoms with E-state index in [1.54, 1.807) is 17.2 Å². The summed E-state index contributed by atoms with van der Waals surface area (Å²) in [4.78, 5) is 30.1. The Morgan fingerprint density at radius 2 is 2.05 bits per heavy atom. The molecule has 21 heavy (non-hydrogen) atoms. The molecule has 0 spiro atoms. The normalized spacial score (nSPS) is 18.7. The Hall–Kier alpha value is -1.91. The van der Waals surface area contributed by atoms with E-state index in [4.69, 9.17) is 4.74 Å². The highest BCUT2D eigenvalue weighted by atomic mass is 16.6. The van der Waals surface area contributed by atoms with Crippen LogP contribution in [0.4, 0.5) is 4.79 Å². The highest BCUT2D eigenvalue weighted by molar-refractivity contribution is 5.96. The standard InChI is InChI=1S/C16H22N2O3/c1-11-5-6-13(17-9-11)14(19)12-7-8-18(10-12)15(20)21-16(2,3)4/h5-6,9,12H,7-8,10H2,1-4H3. The minimum absolute atomic E-state index is 0.000980. The first-order valence-electron chi connectivity index (χ1n) is 7.21. The smallest absolute Gasteiger partial charge is 0.410 e. The number of aryl methyl sites for hydroxylation is 1. The first-order chi connectivity index (χ1) is 9.76. The zero-order valence-electron chi connectivity index (χ0n) is 13.0. The van der Waals surface area contributed by atoms with Crippen molar-refractivity contribution in [3.05, 3.63) is 29.6 Å². The van der Waals surface area contributed by atoms with E-state index in [0.717, 1.165) is 5.56 Å². The number of ether oxygens (including phenoxy) is 1. The molecule has 1 fully saturated rings. The van der Waals surface area contributed by atoms with Crippen molar-refractivity contribution in [1.29, 1.82) is 0 Å². The van der Waals surface area contributed by atoms with E-state index in [-0.39, 0.29) is 17.8 Å². The minimum atomic E-state index is -0.516. The molecular formula is C16H22N2O3. The number of nitrogens with zero attached hydrogens (tertiary/aromatic N) is 2. The van der Waals surface area contributed by atoms with Crippen LogP contribution in [0.15, 0.2) is 18.3 Å². The van der Waals surface area contributed by atoms with Gasteiger partial charge in [-0.25, -0.2) is 4.79 Å². The Bertz CT molecular complexity index is 531. The molecule has 1 atom stereocenters. The predicted molar refractivity (Wildman–Crippen MR) is 79.2 cm³/mol. The summed E-state index contributed by atoms with van der Waals surface area (Å²) in [6.07, 6.45) is 2.00. The fourth-order valence-electron chi connectivity index (χ4n) is 2.29. The van der Waals surface area contributed by atoms with Crippen molar-refractivity contribution in [2.24, 2.45) is 5.92 Å². The Kier molecular flexibility index (Phi) is 4.30. The van der Waals surface area contributed by atoms with E-state index in [1.807, 2.05) is 33.8 Å². The molecule has 1 aromatic heterocycles. The van der Waals surface area contributed by atoms with Crippen LogP contribution >= 0.6 is 0 Å². The molecule has 0 aliphatic carbocycles. The molecule has 0 saturated carbocycles. The Morgan fingerprint density at radius 3 is 2.62 bits per heavy atom. The zero-order chi connectivity index (χ0) is 15.6. The maximum absolute atomic E-state index is 12.4. The lowest BCUT2D eigenvalue weighted by Crippen LogP contribution is -2.35. The van der Waals surface area contributed by atoms with Gasteiger partial charge in [0, 0.05) is 25.2 Å². The van der Waals surface area contributed by atoms with Crippen LogP contribution in [-0.2, 0) is 4.74 Å². The highest BCUT2D eigenvalue weighted by Gasteiger charge is 2.34. The van der Waals surface area contributed by atoms with Crippen LogP contribution in [0.5, 0.6) is 0 Å². The predicted octanol–water partition coefficient (Wildman–Crippen LogP) is 2.83. The molecule has 1 saturated heterocycles. The SMILES string of the molecule is Cc1ccc(C(=O)C2CCN(C(=O)OC(C)(C)C)C2)nc1. The molecule has 1 unspecified atom stereocenters. The molecule has 1 aliphatic rings. The van der Waals surface area contributed by atoms with Crippen molar-refractivity contribution in [1.82, 2.24) is 9.88 Å². The molecular weight excluding hydrogens is 268 g/mol. The molecule has 0 aromatic carbocycles. The quantitative estimate of drug-likeness (QED) is 0.786. The van der Waals surface area contributed by atoms with Crippen LogP contribution < -0.4 is 0 Å². The first kappa shape index (κ1) is 15.5. The second kappa shape index (κ2) is 5.84. The van der Waals surface area contributed by atoms with Crippen molar-refractivity contribution in [3.8, 4) is 0 Å². The minimum Gasteiger partial charge on any atom is -0.444 e. The summed E-state index contributed by atoms with van der Waals surface area (Å²) in [5.74, 6) is -0.186. The fraction of sp³-hybridized carbons (Fsp3) is 0.562. The molecule has 2 heterocycles. The van der Waals surface area contributed by atoms with Crippen LogP contribution in [0.2, 0.25) is 0 Å². The van der Waals surface area contributed by atoms with Gasteiger partial charge in [0.15, 0.2) is 5.78 Å². The second-order valence-corrected chi connectivity index (χ2v) is 6.50. The summed E-state index contributed by atoms with van der Waals surface area (Å²) < 4.78 is 5.33. The third kappa shape index (κ3) is 4.03. The number of carbonyl (C=O) groups is 2. The van der Waals surface area contributed by atoms with Crippen LogP contribution in [0, 0.1) is 12.8 Å². The Balaban J connectivity index is 1.97. The summed E-state index contributed by atoms with van der Waals surface area (Å²) in [6, 6.07) is 3.62. The average Bonchev–Trinajstić information content (AvgIpc) is 2.86. The summed E-state index contributed by atoms with van der Waals surface area (Å²) in [5.41, 5.74) is 0.975. The van der Waals surface area contributed by atoms with Gasteiger partial charge in [-0.15, -0.1) is 0 Å². The zero-order valence-corrected chi connectivity index (χ0v) is 13.0. The van der Waals surface area contributed by atoms with Gasteiger partial charge in [-0.05, 0) is 45.7 Å². The van der Waals surface area contributed by atoms with Gasteiger partial charge in [0.25, 0.3) is 0 Å². The maximum Gasteiger partial charge on any atom is 0.410 e. The first-order valence-corrected chi connectivity index (χ1v) is 7.21. The third-order valence-electron chi connectivity index (χ3n) is 3.37. The molecule has 1 amide bonds. The summed E-state index contributed by atoms with van der Waals surface area (Å²) >= 11 is 0. The molecule has 5 heteroatoms. The average molecular weight is 290 g/mol. The topological polar surface area (TPSA) is 59.5 Å². The number of ketones is 1. The van der Waals surface area contributed by atoms with Crippen molar-refractivity contribution in [2.45, 2.75) is 39.7 Å². The van der Waals surface area contributed by atoms with Gasteiger partial charge in [-0.2, -0.15) is 0 Å². The lowest BCUT2D eigenvalue weighted by atomic mass is 10.0. The molecule has 5 nitrogen and oxygen atoms in total. The second-order valence-electron chi connectivity index (χ2n) is 6.50. The van der Waals surface area contributed by atoms with Crippen LogP contribution in [0.1, 0.15) is 43.2 Å². The number of hydrogen-bond acceptors (Lipinski definition) is 4. The highest BCUT2D eigenvalue weighted by Crippen LogP contribution is 2.22. The number of pyridine rings is 1. The summed E-state index contributed by atoms with van der Waals surface area (Å²) in [6.45, 7) is 8.39. The van der Waals surface area contributed by atoms with Crippen molar-refractivity contribution in [3.63, 3.8) is 0 Å². The number of likely N-dealkylation sites (tertiary alicyclic amines) is 1. The fourth-order valence-corrected chi connectivity index (χ4v) is 2.29. The Morgan fingerprint density at radius 1 is 1.33 bits per heavy atom. The maximum atomic E-state index is 12.4. The molecule has 2 rings (SSSR count). The van der Waals surface area contributed by atoms with Crippen molar-refractivity contribution >= 4 is 11.9 Å². The van der Waals surface area contributed by atoms with Gasteiger partial charge in [0.1, 0.15) is 11.3 Å². The number of aromatic nitrogens is 1. The van der Waals surface area contributed by atoms with Gasteiger partial charge in [0.2, 0.25) is 0 Å². The number of amides is 1. The van der Waals surface area contributed by atoms with Gasteiger partial charge in [-0.1, -0.05) is 6.07 Å². The Labute approximate surface area is 125 Å². The van der Waals surface area contributed by atoms with Gasteiger partial charge < -0.3 is 9.64 Å². The summed E-state index contributed by atoms with van der Waals surface area (Å²) in [5, 5.41) is 0. The molecule has 1 aliphatic heterocycles. The lowest BCUT2D eigenvalue weighted by molar-refractivity contribution is 0.0289. The molecule has 114 valence electrons. The third-order valence-corrected chi connectivity index (χ3v) is 3.37.